The summed E-state index contributed by atoms with van der Waals surface area (Å²) in [5, 5.41) is 8.74. The number of carbonyl (C=O) groups is 2. The number of hydrogen-bond donors (Lipinski definition) is 1. The van der Waals surface area contributed by atoms with Gasteiger partial charge in [-0.15, -0.1) is 12.3 Å². The summed E-state index contributed by atoms with van der Waals surface area (Å²) in [6.07, 6.45) is 15.8. The van der Waals surface area contributed by atoms with Gasteiger partial charge in [0.2, 0.25) is 0 Å². The standard InChI is InChI=1S/C25H43NO6.C3H4/c1-7-9-10-11-21(13-12-20(3)16-22(8-2)30-6)18-31-19-23(17-26(4)5)32-25(29)15-14-24(27)28;1-3-2/h8-11,20,23H,7,12-19H2,1-6H3,(H,27,28);1H,2H3/b10-9-,21-11-,22-8+;/t20?,23-;/m1./s1. The van der Waals surface area contributed by atoms with E-state index in [0.29, 0.717) is 19.1 Å². The summed E-state index contributed by atoms with van der Waals surface area (Å²) in [5.74, 6) is 2.20. The number of methoxy groups -OCH3 is 1. The monoisotopic (exact) mass is 493 g/mol. The van der Waals surface area contributed by atoms with Gasteiger partial charge in [0.05, 0.1) is 38.9 Å². The highest BCUT2D eigenvalue weighted by Crippen LogP contribution is 2.20. The second-order valence-electron chi connectivity index (χ2n) is 8.54. The zero-order chi connectivity index (χ0) is 27.1. The molecule has 0 fully saturated rings. The van der Waals surface area contributed by atoms with E-state index in [1.165, 1.54) is 5.57 Å². The van der Waals surface area contributed by atoms with Gasteiger partial charge in [-0.05, 0) is 64.8 Å². The molecule has 0 amide bonds. The summed E-state index contributed by atoms with van der Waals surface area (Å²) in [7, 11) is 5.48. The van der Waals surface area contributed by atoms with E-state index in [9.17, 15) is 9.59 Å². The molecule has 7 nitrogen and oxygen atoms in total. The number of carbonyl (C=O) groups excluding carboxylic acids is 1. The molecule has 0 aliphatic heterocycles. The lowest BCUT2D eigenvalue weighted by molar-refractivity contribution is -0.155. The third-order valence-electron chi connectivity index (χ3n) is 4.80. The SMILES string of the molecule is C#CC.C/C=C(\CC(C)CC/C(=C/C=C\CC)COC[C@@H](CN(C)C)OC(=O)CCC(=O)O)OC. The number of ether oxygens (including phenoxy) is 3. The Hall–Kier alpha value is -2.56. The maximum atomic E-state index is 11.9. The van der Waals surface area contributed by atoms with Gasteiger partial charge < -0.3 is 24.2 Å². The molecule has 0 saturated carbocycles. The second kappa shape index (κ2) is 23.2. The molecule has 35 heavy (non-hydrogen) atoms. The van der Waals surface area contributed by atoms with Gasteiger partial charge >= 0.3 is 11.9 Å². The number of nitrogens with zero attached hydrogens (tertiary/aromatic N) is 1. The fourth-order valence-corrected chi connectivity index (χ4v) is 3.05. The molecule has 1 unspecified atom stereocenters. The van der Waals surface area contributed by atoms with Crippen LogP contribution in [-0.4, -0.2) is 69.0 Å². The minimum Gasteiger partial charge on any atom is -0.501 e. The van der Waals surface area contributed by atoms with Crippen LogP contribution in [0.2, 0.25) is 0 Å². The van der Waals surface area contributed by atoms with E-state index in [-0.39, 0.29) is 19.4 Å². The molecular weight excluding hydrogens is 446 g/mol. The molecule has 0 saturated heterocycles. The van der Waals surface area contributed by atoms with Crippen LogP contribution in [-0.2, 0) is 23.8 Å². The molecule has 7 heteroatoms. The molecule has 0 aromatic heterocycles. The van der Waals surface area contributed by atoms with Crippen molar-refractivity contribution in [3.63, 3.8) is 0 Å². The third kappa shape index (κ3) is 23.0. The summed E-state index contributed by atoms with van der Waals surface area (Å²) in [6.45, 7) is 9.17. The quantitative estimate of drug-likeness (QED) is 0.121. The minimum atomic E-state index is -1.02. The Labute approximate surface area is 213 Å². The van der Waals surface area contributed by atoms with E-state index in [0.717, 1.165) is 31.4 Å². The summed E-state index contributed by atoms with van der Waals surface area (Å²) < 4.78 is 16.7. The fourth-order valence-electron chi connectivity index (χ4n) is 3.05. The first-order valence-corrected chi connectivity index (χ1v) is 12.2. The lowest BCUT2D eigenvalue weighted by atomic mass is 9.97. The van der Waals surface area contributed by atoms with Crippen LogP contribution in [0.25, 0.3) is 0 Å². The number of likely N-dealkylation sites (N-methyl/N-ethyl adjacent to an activating group) is 1. The lowest BCUT2D eigenvalue weighted by Crippen LogP contribution is -2.34. The molecule has 0 radical (unpaired) electrons. The van der Waals surface area contributed by atoms with E-state index >= 15 is 0 Å². The fraction of sp³-hybridized carbons (Fsp3) is 0.643. The van der Waals surface area contributed by atoms with Crippen molar-refractivity contribution in [1.82, 2.24) is 4.90 Å². The van der Waals surface area contributed by atoms with Crippen LogP contribution < -0.4 is 0 Å². The van der Waals surface area contributed by atoms with Crippen molar-refractivity contribution < 1.29 is 28.9 Å². The molecule has 0 aliphatic rings. The van der Waals surface area contributed by atoms with Crippen LogP contribution in [0, 0.1) is 18.3 Å². The Balaban J connectivity index is 0. The van der Waals surface area contributed by atoms with E-state index < -0.39 is 18.0 Å². The molecule has 0 spiro atoms. The highest BCUT2D eigenvalue weighted by Gasteiger charge is 2.17. The molecule has 0 heterocycles. The third-order valence-corrected chi connectivity index (χ3v) is 4.80. The zero-order valence-electron chi connectivity index (χ0n) is 22.8. The number of allylic oxidation sites excluding steroid dienone is 5. The topological polar surface area (TPSA) is 85.3 Å². The van der Waals surface area contributed by atoms with Crippen molar-refractivity contribution >= 4 is 11.9 Å². The Bertz CT molecular complexity index is 703. The number of hydrogen-bond acceptors (Lipinski definition) is 6. The smallest absolute Gasteiger partial charge is 0.306 e. The maximum absolute atomic E-state index is 11.9. The molecule has 0 bridgehead atoms. The number of carboxylic acid groups (broad SMARTS) is 1. The maximum Gasteiger partial charge on any atom is 0.306 e. The van der Waals surface area contributed by atoms with E-state index in [2.05, 4.69) is 44.4 Å². The van der Waals surface area contributed by atoms with Gasteiger partial charge in [0.15, 0.2) is 0 Å². The van der Waals surface area contributed by atoms with Crippen LogP contribution in [0.3, 0.4) is 0 Å². The minimum absolute atomic E-state index is 0.139. The van der Waals surface area contributed by atoms with Crippen molar-refractivity contribution in [2.24, 2.45) is 5.92 Å². The van der Waals surface area contributed by atoms with Gasteiger partial charge in [-0.1, -0.05) is 32.1 Å². The molecule has 2 atom stereocenters. The van der Waals surface area contributed by atoms with Gasteiger partial charge in [0.1, 0.15) is 6.10 Å². The Morgan fingerprint density at radius 2 is 1.86 bits per heavy atom. The average Bonchev–Trinajstić information content (AvgIpc) is 2.79. The van der Waals surface area contributed by atoms with E-state index in [1.807, 2.05) is 32.0 Å². The number of terminal acetylenes is 1. The summed E-state index contributed by atoms with van der Waals surface area (Å²) in [4.78, 5) is 24.5. The normalized spacial score (nSPS) is 13.6. The van der Waals surface area contributed by atoms with E-state index in [1.54, 1.807) is 14.0 Å². The van der Waals surface area contributed by atoms with Gasteiger partial charge in [0.25, 0.3) is 0 Å². The Morgan fingerprint density at radius 1 is 1.20 bits per heavy atom. The van der Waals surface area contributed by atoms with Crippen molar-refractivity contribution in [3.8, 4) is 12.3 Å². The largest absolute Gasteiger partial charge is 0.501 e. The van der Waals surface area contributed by atoms with E-state index in [4.69, 9.17) is 19.3 Å². The van der Waals surface area contributed by atoms with Crippen molar-refractivity contribution in [2.45, 2.75) is 72.3 Å². The summed E-state index contributed by atoms with van der Waals surface area (Å²) >= 11 is 0. The number of aliphatic carboxylic acids is 1. The van der Waals surface area contributed by atoms with Crippen LogP contribution in [0.4, 0.5) is 0 Å². The molecular formula is C28H47NO6. The molecule has 0 aromatic carbocycles. The van der Waals surface area contributed by atoms with Gasteiger partial charge in [-0.25, -0.2) is 0 Å². The zero-order valence-corrected chi connectivity index (χ0v) is 22.8. The number of esters is 1. The van der Waals surface area contributed by atoms with Crippen LogP contribution >= 0.6 is 0 Å². The van der Waals surface area contributed by atoms with Crippen molar-refractivity contribution in [1.29, 1.82) is 0 Å². The van der Waals surface area contributed by atoms with Gasteiger partial charge in [-0.2, -0.15) is 0 Å². The average molecular weight is 494 g/mol. The number of rotatable bonds is 18. The second-order valence-corrected chi connectivity index (χ2v) is 8.54. The lowest BCUT2D eigenvalue weighted by Gasteiger charge is -2.22. The Kier molecular flexibility index (Phi) is 22.9. The first kappa shape index (κ1) is 34.6. The van der Waals surface area contributed by atoms with Gasteiger partial charge in [-0.3, -0.25) is 9.59 Å². The predicted octanol–water partition coefficient (Wildman–Crippen LogP) is 5.23. The number of carboxylic acids is 1. The van der Waals surface area contributed by atoms with Gasteiger partial charge in [0, 0.05) is 13.0 Å². The van der Waals surface area contributed by atoms with Crippen LogP contribution in [0.5, 0.6) is 0 Å². The predicted molar refractivity (Wildman–Crippen MR) is 142 cm³/mol. The molecule has 1 N–H and O–H groups in total. The first-order chi connectivity index (χ1) is 16.6. The molecule has 0 aromatic rings. The highest BCUT2D eigenvalue weighted by molar-refractivity contribution is 5.76. The Morgan fingerprint density at radius 3 is 2.37 bits per heavy atom. The molecule has 0 rings (SSSR count). The highest BCUT2D eigenvalue weighted by atomic mass is 16.6. The first-order valence-electron chi connectivity index (χ1n) is 12.2. The van der Waals surface area contributed by atoms with Crippen LogP contribution in [0.1, 0.15) is 66.2 Å². The van der Waals surface area contributed by atoms with Crippen molar-refractivity contribution in [3.05, 3.63) is 35.6 Å². The summed E-state index contributed by atoms with van der Waals surface area (Å²) in [5.41, 5.74) is 1.18. The summed E-state index contributed by atoms with van der Waals surface area (Å²) in [6, 6.07) is 0. The molecule has 200 valence electrons. The van der Waals surface area contributed by atoms with Crippen molar-refractivity contribution in [2.75, 3.05) is 41.0 Å². The molecule has 0 aliphatic carbocycles. The van der Waals surface area contributed by atoms with Crippen LogP contribution in [0.15, 0.2) is 35.6 Å².